The fraction of sp³-hybridized carbons (Fsp3) is 0.316. The lowest BCUT2D eigenvalue weighted by Crippen LogP contribution is -2.26. The summed E-state index contributed by atoms with van der Waals surface area (Å²) in [5, 5.41) is 4.24. The van der Waals surface area contributed by atoms with Gasteiger partial charge in [0.15, 0.2) is 5.65 Å². The molecular weight excluding hydrogens is 374 g/mol. The first-order valence-corrected chi connectivity index (χ1v) is 10.3. The van der Waals surface area contributed by atoms with E-state index in [9.17, 15) is 4.79 Å². The van der Waals surface area contributed by atoms with Crippen molar-refractivity contribution >= 4 is 45.5 Å². The van der Waals surface area contributed by atoms with Crippen LogP contribution in [0.3, 0.4) is 0 Å². The van der Waals surface area contributed by atoms with Gasteiger partial charge in [-0.05, 0) is 36.8 Å². The number of hydrogen-bond acceptors (Lipinski definition) is 7. The van der Waals surface area contributed by atoms with Crippen LogP contribution in [0.1, 0.15) is 18.0 Å². The highest BCUT2D eigenvalue weighted by Gasteiger charge is 2.24. The normalized spacial score (nSPS) is 16.9. The van der Waals surface area contributed by atoms with E-state index >= 15 is 0 Å². The molecule has 1 atom stereocenters. The summed E-state index contributed by atoms with van der Waals surface area (Å²) in [6, 6.07) is 4.18. The van der Waals surface area contributed by atoms with Crippen molar-refractivity contribution in [3.05, 3.63) is 46.9 Å². The number of thioether (sulfide) groups is 1. The third kappa shape index (κ3) is 2.73. The second-order valence-corrected chi connectivity index (χ2v) is 8.15. The van der Waals surface area contributed by atoms with Crippen LogP contribution in [0.15, 0.2) is 35.6 Å². The molecule has 0 aliphatic carbocycles. The molecule has 3 aromatic heterocycles. The molecule has 1 aliphatic heterocycles. The average Bonchev–Trinajstić information content (AvgIpc) is 3.30. The summed E-state index contributed by atoms with van der Waals surface area (Å²) in [6.07, 6.45) is 6.02. The smallest absolute Gasteiger partial charge is 0.324 e. The highest BCUT2D eigenvalue weighted by molar-refractivity contribution is 7.99. The van der Waals surface area contributed by atoms with E-state index in [4.69, 9.17) is 4.98 Å². The van der Waals surface area contributed by atoms with Crippen molar-refractivity contribution in [3.8, 4) is 0 Å². The third-order valence-electron chi connectivity index (χ3n) is 5.20. The first kappa shape index (κ1) is 17.2. The Morgan fingerprint density at radius 3 is 2.96 bits per heavy atom. The van der Waals surface area contributed by atoms with E-state index in [1.54, 1.807) is 30.3 Å². The highest BCUT2D eigenvalue weighted by atomic mass is 32.2. The minimum absolute atomic E-state index is 0.0343. The maximum Gasteiger partial charge on any atom is 0.330 e. The van der Waals surface area contributed by atoms with Gasteiger partial charge in [-0.1, -0.05) is 0 Å². The van der Waals surface area contributed by atoms with Crippen LogP contribution in [0.5, 0.6) is 0 Å². The SMILES string of the molecule is Cc1cc2ncncc2cc1Nc1ncc2c(n1)n(C1CCSC1)c(=O)n2C. The summed E-state index contributed by atoms with van der Waals surface area (Å²) in [5.41, 5.74) is 4.21. The number of anilines is 2. The Kier molecular flexibility index (Phi) is 4.04. The lowest BCUT2D eigenvalue weighted by molar-refractivity contribution is 0.544. The van der Waals surface area contributed by atoms with Gasteiger partial charge in [-0.15, -0.1) is 0 Å². The summed E-state index contributed by atoms with van der Waals surface area (Å²) in [5.74, 6) is 2.48. The van der Waals surface area contributed by atoms with Crippen molar-refractivity contribution in [1.82, 2.24) is 29.1 Å². The summed E-state index contributed by atoms with van der Waals surface area (Å²) in [7, 11) is 1.77. The predicted molar refractivity (Wildman–Crippen MR) is 111 cm³/mol. The molecule has 1 fully saturated rings. The van der Waals surface area contributed by atoms with Gasteiger partial charge in [0.05, 0.1) is 17.8 Å². The predicted octanol–water partition coefficient (Wildman–Crippen LogP) is 2.80. The molecule has 0 spiro atoms. The molecular formula is C19H19N7OS. The average molecular weight is 393 g/mol. The maximum absolute atomic E-state index is 12.8. The van der Waals surface area contributed by atoms with Crippen LogP contribution in [-0.2, 0) is 7.05 Å². The Morgan fingerprint density at radius 1 is 1.25 bits per heavy atom. The van der Waals surface area contributed by atoms with Crippen LogP contribution in [0.4, 0.5) is 11.6 Å². The van der Waals surface area contributed by atoms with Crippen molar-refractivity contribution < 1.29 is 0 Å². The van der Waals surface area contributed by atoms with Gasteiger partial charge < -0.3 is 5.32 Å². The van der Waals surface area contributed by atoms with Gasteiger partial charge in [-0.2, -0.15) is 16.7 Å². The number of imidazole rings is 1. The van der Waals surface area contributed by atoms with E-state index in [1.807, 2.05) is 35.4 Å². The Bertz CT molecular complexity index is 1260. The Morgan fingerprint density at radius 2 is 2.14 bits per heavy atom. The quantitative estimate of drug-likeness (QED) is 0.572. The van der Waals surface area contributed by atoms with E-state index in [-0.39, 0.29) is 11.7 Å². The molecule has 1 aliphatic rings. The Labute approximate surface area is 165 Å². The first-order chi connectivity index (χ1) is 13.6. The van der Waals surface area contributed by atoms with E-state index in [1.165, 1.54) is 0 Å². The molecule has 4 aromatic rings. The van der Waals surface area contributed by atoms with Crippen molar-refractivity contribution in [1.29, 1.82) is 0 Å². The molecule has 0 saturated carbocycles. The minimum Gasteiger partial charge on any atom is -0.324 e. The number of benzene rings is 1. The van der Waals surface area contributed by atoms with Crippen molar-refractivity contribution in [2.24, 2.45) is 7.05 Å². The van der Waals surface area contributed by atoms with Gasteiger partial charge in [0.1, 0.15) is 11.8 Å². The second-order valence-electron chi connectivity index (χ2n) is 7.01. The highest BCUT2D eigenvalue weighted by Crippen LogP contribution is 2.30. The maximum atomic E-state index is 12.8. The molecule has 1 aromatic carbocycles. The minimum atomic E-state index is -0.0343. The monoisotopic (exact) mass is 393 g/mol. The zero-order chi connectivity index (χ0) is 19.3. The van der Waals surface area contributed by atoms with E-state index < -0.39 is 0 Å². The number of aryl methyl sites for hydroxylation is 2. The molecule has 1 N–H and O–H groups in total. The van der Waals surface area contributed by atoms with Crippen molar-refractivity contribution in [2.45, 2.75) is 19.4 Å². The van der Waals surface area contributed by atoms with Crippen LogP contribution in [0.25, 0.3) is 22.1 Å². The van der Waals surface area contributed by atoms with Gasteiger partial charge in [0, 0.05) is 30.1 Å². The lowest BCUT2D eigenvalue weighted by atomic mass is 10.1. The molecule has 1 unspecified atom stereocenters. The zero-order valence-electron chi connectivity index (χ0n) is 15.6. The molecule has 0 radical (unpaired) electrons. The number of rotatable bonds is 3. The van der Waals surface area contributed by atoms with Gasteiger partial charge in [-0.25, -0.2) is 19.7 Å². The number of nitrogens with one attached hydrogen (secondary N) is 1. The number of fused-ring (bicyclic) bond motifs is 2. The topological polar surface area (TPSA) is 90.5 Å². The van der Waals surface area contributed by atoms with Gasteiger partial charge in [0.2, 0.25) is 5.95 Å². The molecule has 0 bridgehead atoms. The standard InChI is InChI=1S/C19H19N7OS/c1-11-5-15-12(7-20-10-22-15)6-14(11)23-18-21-8-16-17(24-18)26(19(27)25(16)2)13-3-4-28-9-13/h5-8,10,13H,3-4,9H2,1-2H3,(H,21,23,24). The van der Waals surface area contributed by atoms with Crippen molar-refractivity contribution in [2.75, 3.05) is 16.8 Å². The second kappa shape index (κ2) is 6.59. The molecule has 5 rings (SSSR count). The van der Waals surface area contributed by atoms with Gasteiger partial charge in [-0.3, -0.25) is 9.13 Å². The lowest BCUT2D eigenvalue weighted by Gasteiger charge is -2.12. The fourth-order valence-corrected chi connectivity index (χ4v) is 4.83. The molecule has 8 nitrogen and oxygen atoms in total. The molecule has 0 amide bonds. The van der Waals surface area contributed by atoms with Crippen LogP contribution >= 0.6 is 11.8 Å². The van der Waals surface area contributed by atoms with E-state index in [0.717, 1.165) is 45.6 Å². The Balaban J connectivity index is 1.59. The summed E-state index contributed by atoms with van der Waals surface area (Å²) in [4.78, 5) is 30.3. The third-order valence-corrected chi connectivity index (χ3v) is 6.35. The molecule has 9 heteroatoms. The van der Waals surface area contributed by atoms with Crippen molar-refractivity contribution in [3.63, 3.8) is 0 Å². The number of hydrogen-bond donors (Lipinski definition) is 1. The fourth-order valence-electron chi connectivity index (χ4n) is 3.64. The molecule has 142 valence electrons. The summed E-state index contributed by atoms with van der Waals surface area (Å²) in [6.45, 7) is 2.01. The van der Waals surface area contributed by atoms with E-state index in [2.05, 4.69) is 20.3 Å². The Hall–Kier alpha value is -2.94. The molecule has 1 saturated heterocycles. The number of aromatic nitrogens is 6. The summed E-state index contributed by atoms with van der Waals surface area (Å²) < 4.78 is 3.45. The molecule has 4 heterocycles. The van der Waals surface area contributed by atoms with Gasteiger partial charge in [0.25, 0.3) is 0 Å². The molecule has 28 heavy (non-hydrogen) atoms. The van der Waals surface area contributed by atoms with Crippen LogP contribution < -0.4 is 11.0 Å². The van der Waals surface area contributed by atoms with Crippen LogP contribution in [0.2, 0.25) is 0 Å². The first-order valence-electron chi connectivity index (χ1n) is 9.11. The summed E-state index contributed by atoms with van der Waals surface area (Å²) >= 11 is 1.87. The van der Waals surface area contributed by atoms with E-state index in [0.29, 0.717) is 11.6 Å². The largest absolute Gasteiger partial charge is 0.330 e. The van der Waals surface area contributed by atoms with Crippen LogP contribution in [-0.4, -0.2) is 40.6 Å². The van der Waals surface area contributed by atoms with Gasteiger partial charge >= 0.3 is 5.69 Å². The van der Waals surface area contributed by atoms with Crippen LogP contribution in [0, 0.1) is 6.92 Å². The number of nitrogens with zero attached hydrogens (tertiary/aromatic N) is 6. The zero-order valence-corrected chi connectivity index (χ0v) is 16.4.